The van der Waals surface area contributed by atoms with Crippen molar-refractivity contribution in [2.24, 2.45) is 5.73 Å². The van der Waals surface area contributed by atoms with E-state index in [9.17, 15) is 24.6 Å². The Hall–Kier alpha value is -5.15. The van der Waals surface area contributed by atoms with E-state index in [2.05, 4.69) is 23.5 Å². The zero-order chi connectivity index (χ0) is 39.4. The van der Waals surface area contributed by atoms with Crippen LogP contribution in [0.5, 0.6) is 0 Å². The van der Waals surface area contributed by atoms with Gasteiger partial charge in [0, 0.05) is 57.1 Å². The number of methoxy groups -OCH3 is 1. The minimum atomic E-state index is -1.21. The van der Waals surface area contributed by atoms with Crippen LogP contribution in [0.4, 0.5) is 0 Å². The molecule has 5 heterocycles. The van der Waals surface area contributed by atoms with Gasteiger partial charge >= 0.3 is 17.9 Å². The standard InChI is InChI=1S/C35H38N4O6.C4H11NO3/c1-8-20-16(3)24-13-26-18(5)22(10-11-30(40)41)33(38-26)23(12-31(42)45-7)34-32(35(43)44)19(6)27(39-34)15-29-21(9-2)17(4)25(37-29)14-28(20)36-24;5-4(1-6,2-7)3-8/h8,13-15,18,22,36-37H,1,9-12H2,2-7H3,(H,40,41)(H,43,44);6-8H,1-3,5H2/t18-,22-;/m0./s1. The van der Waals surface area contributed by atoms with Crippen LogP contribution in [0, 0.1) is 13.8 Å². The Morgan fingerprint density at radius 2 is 1.57 bits per heavy atom. The Labute approximate surface area is 307 Å². The average Bonchev–Trinajstić information content (AvgIpc) is 3.82. The van der Waals surface area contributed by atoms with Gasteiger partial charge in [-0.1, -0.05) is 26.5 Å². The predicted octanol–water partition coefficient (Wildman–Crippen LogP) is 4.28. The lowest BCUT2D eigenvalue weighted by atomic mass is 9.84. The number of hydrogen-bond donors (Lipinski definition) is 8. The maximum Gasteiger partial charge on any atom is 0.338 e. The van der Waals surface area contributed by atoms with Crippen LogP contribution in [0.1, 0.15) is 96.0 Å². The third kappa shape index (κ3) is 8.25. The van der Waals surface area contributed by atoms with Crippen molar-refractivity contribution in [2.75, 3.05) is 26.9 Å². The molecule has 0 unspecified atom stereocenters. The van der Waals surface area contributed by atoms with Crippen LogP contribution in [0.15, 0.2) is 24.8 Å². The molecule has 14 heteroatoms. The second-order valence-corrected chi connectivity index (χ2v) is 13.5. The van der Waals surface area contributed by atoms with E-state index in [-0.39, 0.29) is 36.4 Å². The zero-order valence-corrected chi connectivity index (χ0v) is 31.0. The molecule has 0 aliphatic carbocycles. The number of nitrogens with one attached hydrogen (secondary N) is 2. The maximum absolute atomic E-state index is 12.8. The van der Waals surface area contributed by atoms with Crippen molar-refractivity contribution in [3.05, 3.63) is 75.4 Å². The highest BCUT2D eigenvalue weighted by Crippen LogP contribution is 2.43. The van der Waals surface area contributed by atoms with Gasteiger partial charge < -0.3 is 46.0 Å². The van der Waals surface area contributed by atoms with Gasteiger partial charge in [-0.2, -0.15) is 0 Å². The number of aryl methyl sites for hydroxylation is 3. The number of aromatic amines is 2. The molecule has 0 saturated carbocycles. The number of aliphatic hydroxyl groups excluding tert-OH is 3. The normalized spacial score (nSPS) is 15.5. The second-order valence-electron chi connectivity index (χ2n) is 13.5. The number of carbonyl (C=O) groups excluding carboxylic acids is 1. The summed E-state index contributed by atoms with van der Waals surface area (Å²) in [5.74, 6) is -3.37. The van der Waals surface area contributed by atoms with Gasteiger partial charge in [-0.05, 0) is 74.1 Å². The van der Waals surface area contributed by atoms with Crippen LogP contribution < -0.4 is 5.73 Å². The Morgan fingerprint density at radius 1 is 0.943 bits per heavy atom. The van der Waals surface area contributed by atoms with Crippen molar-refractivity contribution in [1.29, 1.82) is 0 Å². The van der Waals surface area contributed by atoms with Crippen molar-refractivity contribution >= 4 is 57.2 Å². The molecule has 3 aromatic rings. The lowest BCUT2D eigenvalue weighted by Crippen LogP contribution is -2.50. The lowest BCUT2D eigenvalue weighted by molar-refractivity contribution is -0.140. The molecule has 8 bridgehead atoms. The summed E-state index contributed by atoms with van der Waals surface area (Å²) in [5, 5.41) is 45.0. The molecule has 2 aliphatic rings. The number of fused-ring (bicyclic) bond motifs is 8. The minimum absolute atomic E-state index is 0.0256. The van der Waals surface area contributed by atoms with Crippen LogP contribution in [-0.2, 0) is 32.0 Å². The fraction of sp³-hybridized carbons (Fsp3) is 0.410. The summed E-state index contributed by atoms with van der Waals surface area (Å²) in [6.07, 6.45) is 2.39. The van der Waals surface area contributed by atoms with Crippen LogP contribution in [-0.4, -0.2) is 95.8 Å². The molecule has 0 saturated heterocycles. The molecule has 0 fully saturated rings. The van der Waals surface area contributed by atoms with Crippen LogP contribution in [0.2, 0.25) is 0 Å². The fourth-order valence-corrected chi connectivity index (χ4v) is 6.74. The van der Waals surface area contributed by atoms with Crippen molar-refractivity contribution in [3.63, 3.8) is 0 Å². The van der Waals surface area contributed by atoms with E-state index in [1.54, 1.807) is 6.92 Å². The number of allylic oxidation sites excluding steroid dienone is 1. The smallest absolute Gasteiger partial charge is 0.338 e. The van der Waals surface area contributed by atoms with E-state index >= 15 is 0 Å². The summed E-state index contributed by atoms with van der Waals surface area (Å²) in [6, 6.07) is 5.84. The van der Waals surface area contributed by atoms with E-state index in [4.69, 9.17) is 35.8 Å². The molecule has 0 amide bonds. The molecule has 5 rings (SSSR count). The first kappa shape index (κ1) is 40.6. The Morgan fingerprint density at radius 3 is 2.09 bits per heavy atom. The van der Waals surface area contributed by atoms with Gasteiger partial charge in [-0.3, -0.25) is 14.6 Å². The summed E-state index contributed by atoms with van der Waals surface area (Å²) in [6.45, 7) is 12.6. The van der Waals surface area contributed by atoms with E-state index in [1.165, 1.54) is 7.11 Å². The third-order valence-electron chi connectivity index (χ3n) is 10.1. The molecule has 2 aliphatic heterocycles. The largest absolute Gasteiger partial charge is 0.481 e. The fourth-order valence-electron chi connectivity index (χ4n) is 6.74. The number of carbonyl (C=O) groups is 3. The van der Waals surface area contributed by atoms with E-state index < -0.39 is 49.2 Å². The Balaban J connectivity index is 0.000000703. The quantitative estimate of drug-likeness (QED) is 0.129. The number of rotatable bonds is 11. The molecule has 0 radical (unpaired) electrons. The number of H-pyrrole nitrogens is 2. The van der Waals surface area contributed by atoms with Gasteiger partial charge in [-0.25, -0.2) is 9.78 Å². The van der Waals surface area contributed by atoms with Gasteiger partial charge in [-0.15, -0.1) is 0 Å². The van der Waals surface area contributed by atoms with Crippen LogP contribution in [0.25, 0.3) is 39.3 Å². The zero-order valence-electron chi connectivity index (χ0n) is 31.0. The van der Waals surface area contributed by atoms with Crippen molar-refractivity contribution in [3.8, 4) is 0 Å². The molecule has 14 nitrogen and oxygen atoms in total. The van der Waals surface area contributed by atoms with Crippen LogP contribution in [0.3, 0.4) is 0 Å². The molecule has 0 spiro atoms. The number of aromatic nitrogens is 4. The van der Waals surface area contributed by atoms with Crippen molar-refractivity contribution in [1.82, 2.24) is 19.9 Å². The monoisotopic (exact) mass is 731 g/mol. The number of carboxylic acids is 2. The first-order chi connectivity index (χ1) is 25.1. The summed E-state index contributed by atoms with van der Waals surface area (Å²) in [5.41, 5.74) is 13.9. The number of hydrogen-bond acceptors (Lipinski definition) is 10. The Kier molecular flexibility index (Phi) is 12.8. The van der Waals surface area contributed by atoms with E-state index in [1.807, 2.05) is 45.0 Å². The molecule has 0 aromatic carbocycles. The van der Waals surface area contributed by atoms with Gasteiger partial charge in [0.1, 0.15) is 0 Å². The molecule has 9 N–H and O–H groups in total. The van der Waals surface area contributed by atoms with Gasteiger partial charge in [0.25, 0.3) is 0 Å². The molecule has 53 heavy (non-hydrogen) atoms. The predicted molar refractivity (Wildman–Crippen MR) is 202 cm³/mol. The number of carboxylic acid groups (broad SMARTS) is 2. The van der Waals surface area contributed by atoms with Gasteiger partial charge in [0.2, 0.25) is 0 Å². The SMILES string of the molecule is C=Cc1c(C)c2cc3nc(c(CC(=O)OC)c4nc(cc5[nH]c(cc1[nH]2)c(C)c5CC)C(C)=C4C(=O)O)[C@@H](CCC(=O)O)[C@@H]3C.NC(CO)(CO)CO. The lowest BCUT2D eigenvalue weighted by Gasteiger charge is -2.20. The van der Waals surface area contributed by atoms with E-state index in [0.29, 0.717) is 28.2 Å². The first-order valence-electron chi connectivity index (χ1n) is 17.3. The topological polar surface area (TPSA) is 245 Å². The highest BCUT2D eigenvalue weighted by atomic mass is 16.5. The molecule has 284 valence electrons. The summed E-state index contributed by atoms with van der Waals surface area (Å²) in [7, 11) is 1.27. The molecule has 3 aromatic heterocycles. The van der Waals surface area contributed by atoms with Crippen molar-refractivity contribution < 1.29 is 44.7 Å². The molecule has 2 atom stereocenters. The van der Waals surface area contributed by atoms with Crippen molar-refractivity contribution in [2.45, 2.75) is 77.7 Å². The third-order valence-corrected chi connectivity index (χ3v) is 10.1. The highest BCUT2D eigenvalue weighted by molar-refractivity contribution is 6.24. The Bertz CT molecular complexity index is 2120. The number of ether oxygens (including phenoxy) is 1. The van der Waals surface area contributed by atoms with E-state index in [0.717, 1.165) is 50.7 Å². The highest BCUT2D eigenvalue weighted by Gasteiger charge is 2.35. The minimum Gasteiger partial charge on any atom is -0.481 e. The van der Waals surface area contributed by atoms with Gasteiger partial charge in [0.15, 0.2) is 0 Å². The summed E-state index contributed by atoms with van der Waals surface area (Å²) >= 11 is 0. The number of esters is 1. The average molecular weight is 732 g/mol. The van der Waals surface area contributed by atoms with Crippen LogP contribution >= 0.6 is 0 Å². The number of aliphatic hydroxyl groups is 3. The number of nitrogens with zero attached hydrogens (tertiary/aromatic N) is 2. The molecular formula is C39H49N5O9. The summed E-state index contributed by atoms with van der Waals surface area (Å²) < 4.78 is 5.03. The van der Waals surface area contributed by atoms with Gasteiger partial charge in [0.05, 0.1) is 61.5 Å². The maximum atomic E-state index is 12.8. The first-order valence-corrected chi connectivity index (χ1v) is 17.3. The number of nitrogens with two attached hydrogens (primary N) is 1. The summed E-state index contributed by atoms with van der Waals surface area (Å²) in [4.78, 5) is 54.2. The number of aliphatic carboxylic acids is 2. The second kappa shape index (κ2) is 16.7. The molecular weight excluding hydrogens is 682 g/mol.